The summed E-state index contributed by atoms with van der Waals surface area (Å²) in [6.07, 6.45) is 13.7. The summed E-state index contributed by atoms with van der Waals surface area (Å²) in [4.78, 5) is 0. The molecule has 3 N–H and O–H groups in total. The predicted molar refractivity (Wildman–Crippen MR) is 107 cm³/mol. The number of ether oxygens (including phenoxy) is 1. The van der Waals surface area contributed by atoms with Gasteiger partial charge in [0.05, 0.1) is 6.04 Å². The van der Waals surface area contributed by atoms with Crippen molar-refractivity contribution in [2.45, 2.75) is 81.8 Å². The molecule has 148 valence electrons. The maximum atomic E-state index is 10.2. The van der Waals surface area contributed by atoms with Crippen LogP contribution in [0.15, 0.2) is 24.3 Å². The summed E-state index contributed by atoms with van der Waals surface area (Å²) < 4.78 is 5.89. The molecule has 1 aromatic rings. The van der Waals surface area contributed by atoms with Crippen LogP contribution in [0, 0.1) is 17.8 Å². The largest absolute Gasteiger partial charge is 0.491 e. The third-order valence-corrected chi connectivity index (χ3v) is 8.09. The molecule has 6 rings (SSSR count). The van der Waals surface area contributed by atoms with Gasteiger partial charge >= 0.3 is 0 Å². The van der Waals surface area contributed by atoms with Gasteiger partial charge in [-0.25, -0.2) is 0 Å². The number of benzene rings is 1. The first-order valence-electron chi connectivity index (χ1n) is 11.4. The molecular formula is C24H36NO2+. The van der Waals surface area contributed by atoms with Crippen molar-refractivity contribution in [1.29, 1.82) is 0 Å². The molecule has 4 bridgehead atoms. The minimum absolute atomic E-state index is 0.381. The lowest BCUT2D eigenvalue weighted by atomic mass is 9.48. The first kappa shape index (κ1) is 18.0. The van der Waals surface area contributed by atoms with Gasteiger partial charge in [-0.2, -0.15) is 0 Å². The molecule has 5 aliphatic rings. The Hall–Kier alpha value is -1.06. The van der Waals surface area contributed by atoms with Crippen molar-refractivity contribution >= 4 is 0 Å². The molecule has 5 aliphatic carbocycles. The molecule has 27 heavy (non-hydrogen) atoms. The Morgan fingerprint density at radius 1 is 0.963 bits per heavy atom. The van der Waals surface area contributed by atoms with Gasteiger partial charge in [0.25, 0.3) is 0 Å². The molecule has 5 fully saturated rings. The van der Waals surface area contributed by atoms with Gasteiger partial charge < -0.3 is 15.2 Å². The van der Waals surface area contributed by atoms with Gasteiger partial charge in [-0.3, -0.25) is 0 Å². The number of aliphatic hydroxyl groups excluding tert-OH is 1. The van der Waals surface area contributed by atoms with Crippen molar-refractivity contribution in [1.82, 2.24) is 0 Å². The van der Waals surface area contributed by atoms with Crippen molar-refractivity contribution < 1.29 is 15.2 Å². The second-order valence-electron chi connectivity index (χ2n) is 10.2. The molecular weight excluding hydrogens is 334 g/mol. The van der Waals surface area contributed by atoms with Gasteiger partial charge in [0.2, 0.25) is 0 Å². The van der Waals surface area contributed by atoms with Crippen LogP contribution in [0.1, 0.15) is 69.8 Å². The van der Waals surface area contributed by atoms with E-state index in [0.29, 0.717) is 12.0 Å². The zero-order valence-electron chi connectivity index (χ0n) is 16.6. The Balaban J connectivity index is 1.15. The standard InChI is InChI=1S/C24H35NO2/c26-22(15-25-21-3-1-2-4-21)16-27-23-7-5-20(6-8-23)24-12-17-9-18(13-24)11-19(10-17)14-24/h5-8,17-19,21-22,25-26H,1-4,9-16H2/p+1/t17?,18?,19?,22-,24?/m1/s1. The maximum Gasteiger partial charge on any atom is 0.137 e. The predicted octanol–water partition coefficient (Wildman–Crippen LogP) is 3.40. The average molecular weight is 371 g/mol. The molecule has 0 aromatic heterocycles. The van der Waals surface area contributed by atoms with Crippen molar-refractivity contribution in [2.75, 3.05) is 13.2 Å². The van der Waals surface area contributed by atoms with Gasteiger partial charge in [0.1, 0.15) is 25.0 Å². The second kappa shape index (κ2) is 7.40. The van der Waals surface area contributed by atoms with Gasteiger partial charge in [-0.15, -0.1) is 0 Å². The minimum Gasteiger partial charge on any atom is -0.491 e. The minimum atomic E-state index is -0.381. The molecule has 0 aliphatic heterocycles. The van der Waals surface area contributed by atoms with Gasteiger partial charge in [0, 0.05) is 0 Å². The van der Waals surface area contributed by atoms with Crippen LogP contribution in [0.3, 0.4) is 0 Å². The van der Waals surface area contributed by atoms with Crippen LogP contribution >= 0.6 is 0 Å². The van der Waals surface area contributed by atoms with Crippen molar-refractivity contribution in [3.05, 3.63) is 29.8 Å². The van der Waals surface area contributed by atoms with E-state index in [1.807, 2.05) is 0 Å². The number of rotatable bonds is 7. The normalized spacial score (nSPS) is 36.3. The van der Waals surface area contributed by atoms with E-state index < -0.39 is 0 Å². The molecule has 0 unspecified atom stereocenters. The molecule has 3 heteroatoms. The first-order valence-corrected chi connectivity index (χ1v) is 11.4. The van der Waals surface area contributed by atoms with Gasteiger partial charge in [0.15, 0.2) is 0 Å². The second-order valence-corrected chi connectivity index (χ2v) is 10.2. The maximum absolute atomic E-state index is 10.2. The van der Waals surface area contributed by atoms with E-state index in [-0.39, 0.29) is 6.10 Å². The highest BCUT2D eigenvalue weighted by Gasteiger charge is 2.51. The zero-order chi connectivity index (χ0) is 18.3. The van der Waals surface area contributed by atoms with Crippen LogP contribution in [0.5, 0.6) is 5.75 Å². The molecule has 3 nitrogen and oxygen atoms in total. The summed E-state index contributed by atoms with van der Waals surface area (Å²) in [6.45, 7) is 1.16. The van der Waals surface area contributed by atoms with Crippen LogP contribution in [-0.4, -0.2) is 30.4 Å². The highest BCUT2D eigenvalue weighted by molar-refractivity contribution is 5.34. The smallest absolute Gasteiger partial charge is 0.137 e. The highest BCUT2D eigenvalue weighted by atomic mass is 16.5. The lowest BCUT2D eigenvalue weighted by molar-refractivity contribution is -0.693. The Morgan fingerprint density at radius 2 is 1.56 bits per heavy atom. The summed E-state index contributed by atoms with van der Waals surface area (Å²) >= 11 is 0. The summed E-state index contributed by atoms with van der Waals surface area (Å²) in [6, 6.07) is 9.64. The summed E-state index contributed by atoms with van der Waals surface area (Å²) in [5, 5.41) is 12.5. The SMILES string of the molecule is O[C@H](C[NH2+]C1CCCC1)COc1ccc(C23CC4CC(CC(C4)C2)C3)cc1. The molecule has 0 amide bonds. The number of nitrogens with two attached hydrogens (primary N) is 1. The summed E-state index contributed by atoms with van der Waals surface area (Å²) in [7, 11) is 0. The molecule has 0 saturated heterocycles. The Morgan fingerprint density at radius 3 is 2.15 bits per heavy atom. The van der Waals surface area contributed by atoms with E-state index in [9.17, 15) is 5.11 Å². The Labute approximate surface area is 163 Å². The molecule has 5 saturated carbocycles. The number of hydrogen-bond donors (Lipinski definition) is 2. The van der Waals surface area contributed by atoms with E-state index >= 15 is 0 Å². The molecule has 0 heterocycles. The van der Waals surface area contributed by atoms with Crippen LogP contribution in [-0.2, 0) is 5.41 Å². The molecule has 0 spiro atoms. The summed E-state index contributed by atoms with van der Waals surface area (Å²) in [5.74, 6) is 3.86. The lowest BCUT2D eigenvalue weighted by Gasteiger charge is -2.57. The molecule has 1 atom stereocenters. The van der Waals surface area contributed by atoms with Crippen molar-refractivity contribution in [3.8, 4) is 5.75 Å². The number of quaternary nitrogens is 1. The fourth-order valence-corrected chi connectivity index (χ4v) is 7.17. The van der Waals surface area contributed by atoms with Gasteiger partial charge in [-0.1, -0.05) is 12.1 Å². The first-order chi connectivity index (χ1) is 13.2. The third kappa shape index (κ3) is 3.78. The average Bonchev–Trinajstić information content (AvgIpc) is 3.18. The van der Waals surface area contributed by atoms with E-state index in [2.05, 4.69) is 29.6 Å². The van der Waals surface area contributed by atoms with Crippen LogP contribution in [0.2, 0.25) is 0 Å². The van der Waals surface area contributed by atoms with E-state index in [1.54, 1.807) is 5.56 Å². The topological polar surface area (TPSA) is 46.1 Å². The van der Waals surface area contributed by atoms with E-state index in [1.165, 1.54) is 64.2 Å². The zero-order valence-corrected chi connectivity index (χ0v) is 16.6. The fraction of sp³-hybridized carbons (Fsp3) is 0.750. The van der Waals surface area contributed by atoms with Crippen LogP contribution in [0.25, 0.3) is 0 Å². The van der Waals surface area contributed by atoms with Crippen molar-refractivity contribution in [3.63, 3.8) is 0 Å². The van der Waals surface area contributed by atoms with Crippen molar-refractivity contribution in [2.24, 2.45) is 17.8 Å². The third-order valence-electron chi connectivity index (χ3n) is 8.09. The Bertz CT molecular complexity index is 599. The van der Waals surface area contributed by atoms with Crippen LogP contribution in [0.4, 0.5) is 0 Å². The fourth-order valence-electron chi connectivity index (χ4n) is 7.17. The highest BCUT2D eigenvalue weighted by Crippen LogP contribution is 2.60. The van der Waals surface area contributed by atoms with Crippen LogP contribution < -0.4 is 10.1 Å². The van der Waals surface area contributed by atoms with E-state index in [0.717, 1.165) is 36.1 Å². The number of hydrogen-bond acceptors (Lipinski definition) is 2. The lowest BCUT2D eigenvalue weighted by Crippen LogP contribution is -2.91. The Kier molecular flexibility index (Phi) is 4.94. The molecule has 1 aromatic carbocycles. The number of aliphatic hydroxyl groups is 1. The quantitative estimate of drug-likeness (QED) is 0.773. The van der Waals surface area contributed by atoms with Gasteiger partial charge in [-0.05, 0) is 105 Å². The summed E-state index contributed by atoms with van der Waals surface area (Å²) in [5.41, 5.74) is 2.01. The monoisotopic (exact) mass is 370 g/mol. The van der Waals surface area contributed by atoms with E-state index in [4.69, 9.17) is 4.74 Å². The molecule has 0 radical (unpaired) electrons.